The van der Waals surface area contributed by atoms with Crippen LogP contribution in [-0.2, 0) is 10.0 Å². The minimum absolute atomic E-state index is 0.0382. The normalized spacial score (nSPS) is 12.6. The van der Waals surface area contributed by atoms with E-state index in [4.69, 9.17) is 0 Å². The van der Waals surface area contributed by atoms with Crippen LogP contribution in [0.5, 0.6) is 0 Å². The molecule has 19 heavy (non-hydrogen) atoms. The van der Waals surface area contributed by atoms with E-state index in [9.17, 15) is 12.8 Å². The highest BCUT2D eigenvalue weighted by atomic mass is 79.9. The van der Waals surface area contributed by atoms with Gasteiger partial charge in [0.1, 0.15) is 5.82 Å². The molecule has 1 aromatic carbocycles. The number of sulfonamides is 1. The molecule has 0 aliphatic carbocycles. The zero-order valence-electron chi connectivity index (χ0n) is 11.1. The van der Waals surface area contributed by atoms with E-state index in [1.807, 2.05) is 13.8 Å². The molecule has 1 rings (SSSR count). The Hall–Kier alpha value is -0.460. The molecule has 6 heteroatoms. The molecule has 108 valence electrons. The Morgan fingerprint density at radius 3 is 2.63 bits per heavy atom. The third-order valence-corrected chi connectivity index (χ3v) is 4.79. The molecule has 0 bridgehead atoms. The summed E-state index contributed by atoms with van der Waals surface area (Å²) in [5, 5.41) is 0.896. The highest BCUT2D eigenvalue weighted by Crippen LogP contribution is 2.22. The highest BCUT2D eigenvalue weighted by molar-refractivity contribution is 9.09. The van der Waals surface area contributed by atoms with Gasteiger partial charge in [-0.15, -0.1) is 0 Å². The highest BCUT2D eigenvalue weighted by Gasteiger charge is 2.22. The third kappa shape index (κ3) is 5.58. The van der Waals surface area contributed by atoms with E-state index in [1.54, 1.807) is 0 Å². The molecule has 0 radical (unpaired) electrons. The van der Waals surface area contributed by atoms with Crippen LogP contribution in [0.1, 0.15) is 26.7 Å². The lowest BCUT2D eigenvalue weighted by molar-refractivity contribution is 0.332. The molecule has 0 atom stereocenters. The standard InChI is InChI=1S/C13H19BrFNO2S/c1-13(2,7-4-8-14)10-16-19(17,18)12-6-3-5-11(15)9-12/h3,5-6,9,16H,4,7-8,10H2,1-2H3. The number of benzene rings is 1. The van der Waals surface area contributed by atoms with E-state index < -0.39 is 15.8 Å². The maximum atomic E-state index is 13.0. The molecular formula is C13H19BrFNO2S. The number of rotatable bonds is 7. The SMILES string of the molecule is CC(C)(CCCBr)CNS(=O)(=O)c1cccc(F)c1. The lowest BCUT2D eigenvalue weighted by atomic mass is 9.88. The first-order valence-electron chi connectivity index (χ1n) is 6.08. The van der Waals surface area contributed by atoms with Crippen LogP contribution < -0.4 is 4.72 Å². The van der Waals surface area contributed by atoms with Gasteiger partial charge in [-0.2, -0.15) is 0 Å². The molecule has 0 fully saturated rings. The smallest absolute Gasteiger partial charge is 0.211 e. The van der Waals surface area contributed by atoms with Crippen molar-refractivity contribution in [3.63, 3.8) is 0 Å². The van der Waals surface area contributed by atoms with Gasteiger partial charge in [-0.1, -0.05) is 35.8 Å². The number of alkyl halides is 1. The second-order valence-electron chi connectivity index (χ2n) is 5.24. The van der Waals surface area contributed by atoms with Crippen LogP contribution >= 0.6 is 15.9 Å². The van der Waals surface area contributed by atoms with E-state index in [1.165, 1.54) is 18.2 Å². The maximum absolute atomic E-state index is 13.0. The van der Waals surface area contributed by atoms with Crippen molar-refractivity contribution in [1.82, 2.24) is 4.72 Å². The van der Waals surface area contributed by atoms with Crippen LogP contribution in [0.3, 0.4) is 0 Å². The summed E-state index contributed by atoms with van der Waals surface area (Å²) < 4.78 is 39.6. The Labute approximate surface area is 122 Å². The summed E-state index contributed by atoms with van der Waals surface area (Å²) in [6.45, 7) is 4.34. The van der Waals surface area contributed by atoms with E-state index in [0.717, 1.165) is 24.2 Å². The minimum Gasteiger partial charge on any atom is -0.211 e. The molecule has 0 aromatic heterocycles. The molecule has 1 aromatic rings. The minimum atomic E-state index is -3.64. The predicted octanol–water partition coefficient (Wildman–Crippen LogP) is 3.31. The lowest BCUT2D eigenvalue weighted by Gasteiger charge is -2.24. The van der Waals surface area contributed by atoms with E-state index in [2.05, 4.69) is 20.7 Å². The van der Waals surface area contributed by atoms with Crippen molar-refractivity contribution in [1.29, 1.82) is 0 Å². The molecule has 0 aliphatic heterocycles. The van der Waals surface area contributed by atoms with Gasteiger partial charge in [0.15, 0.2) is 0 Å². The number of hydrogen-bond donors (Lipinski definition) is 1. The quantitative estimate of drug-likeness (QED) is 0.766. The van der Waals surface area contributed by atoms with Crippen molar-refractivity contribution < 1.29 is 12.8 Å². The van der Waals surface area contributed by atoms with Gasteiger partial charge in [-0.3, -0.25) is 0 Å². The van der Waals surface area contributed by atoms with Crippen molar-refractivity contribution in [3.05, 3.63) is 30.1 Å². The van der Waals surface area contributed by atoms with Crippen LogP contribution in [0.4, 0.5) is 4.39 Å². The molecule has 0 unspecified atom stereocenters. The number of halogens is 2. The van der Waals surface area contributed by atoms with Gasteiger partial charge in [0.2, 0.25) is 10.0 Å². The van der Waals surface area contributed by atoms with Gasteiger partial charge in [0, 0.05) is 11.9 Å². The molecule has 1 N–H and O–H groups in total. The van der Waals surface area contributed by atoms with Crippen molar-refractivity contribution >= 4 is 26.0 Å². The Balaban J connectivity index is 2.71. The van der Waals surface area contributed by atoms with Crippen LogP contribution in [0.2, 0.25) is 0 Å². The Bertz CT molecular complexity index is 517. The molecule has 0 spiro atoms. The van der Waals surface area contributed by atoms with Crippen LogP contribution in [0, 0.1) is 11.2 Å². The van der Waals surface area contributed by atoms with Gasteiger partial charge < -0.3 is 0 Å². The first-order valence-corrected chi connectivity index (χ1v) is 8.68. The second-order valence-corrected chi connectivity index (χ2v) is 7.80. The fourth-order valence-corrected chi connectivity index (χ4v) is 3.19. The second kappa shape index (κ2) is 6.81. The summed E-state index contributed by atoms with van der Waals surface area (Å²) in [4.78, 5) is -0.0382. The van der Waals surface area contributed by atoms with Crippen LogP contribution in [0.15, 0.2) is 29.2 Å². The summed E-state index contributed by atoms with van der Waals surface area (Å²) in [7, 11) is -3.64. The lowest BCUT2D eigenvalue weighted by Crippen LogP contribution is -2.34. The third-order valence-electron chi connectivity index (χ3n) is 2.83. The number of hydrogen-bond acceptors (Lipinski definition) is 2. The zero-order valence-corrected chi connectivity index (χ0v) is 13.5. The summed E-state index contributed by atoms with van der Waals surface area (Å²) in [5.41, 5.74) is -0.131. The first-order chi connectivity index (χ1) is 8.77. The molecular weight excluding hydrogens is 333 g/mol. The van der Waals surface area contributed by atoms with E-state index >= 15 is 0 Å². The molecule has 0 saturated heterocycles. The number of nitrogens with one attached hydrogen (secondary N) is 1. The Morgan fingerprint density at radius 1 is 1.37 bits per heavy atom. The van der Waals surface area contributed by atoms with Gasteiger partial charge in [0.25, 0.3) is 0 Å². The largest absolute Gasteiger partial charge is 0.240 e. The maximum Gasteiger partial charge on any atom is 0.240 e. The summed E-state index contributed by atoms with van der Waals surface area (Å²) in [6, 6.07) is 5.02. The monoisotopic (exact) mass is 351 g/mol. The molecule has 0 heterocycles. The fourth-order valence-electron chi connectivity index (χ4n) is 1.64. The van der Waals surface area contributed by atoms with Crippen molar-refractivity contribution in [2.24, 2.45) is 5.41 Å². The first kappa shape index (κ1) is 16.6. The molecule has 0 aliphatic rings. The van der Waals surface area contributed by atoms with Gasteiger partial charge in [0.05, 0.1) is 4.90 Å². The zero-order chi connectivity index (χ0) is 14.5. The van der Waals surface area contributed by atoms with Crippen molar-refractivity contribution in [2.45, 2.75) is 31.6 Å². The van der Waals surface area contributed by atoms with Crippen molar-refractivity contribution in [3.8, 4) is 0 Å². The van der Waals surface area contributed by atoms with Gasteiger partial charge >= 0.3 is 0 Å². The molecule has 0 amide bonds. The summed E-state index contributed by atoms with van der Waals surface area (Å²) in [6.07, 6.45) is 1.89. The Kier molecular flexibility index (Phi) is 5.95. The average Bonchev–Trinajstić information content (AvgIpc) is 2.34. The van der Waals surface area contributed by atoms with E-state index in [0.29, 0.717) is 6.54 Å². The molecule has 3 nitrogen and oxygen atoms in total. The van der Waals surface area contributed by atoms with Gasteiger partial charge in [-0.25, -0.2) is 17.5 Å². The Morgan fingerprint density at radius 2 is 2.05 bits per heavy atom. The van der Waals surface area contributed by atoms with Crippen molar-refractivity contribution in [2.75, 3.05) is 11.9 Å². The van der Waals surface area contributed by atoms with Crippen LogP contribution in [0.25, 0.3) is 0 Å². The summed E-state index contributed by atoms with van der Waals surface area (Å²) in [5.74, 6) is -0.554. The van der Waals surface area contributed by atoms with Gasteiger partial charge in [-0.05, 0) is 36.5 Å². The average molecular weight is 352 g/mol. The fraction of sp³-hybridized carbons (Fsp3) is 0.538. The van der Waals surface area contributed by atoms with E-state index in [-0.39, 0.29) is 10.3 Å². The summed E-state index contributed by atoms with van der Waals surface area (Å²) >= 11 is 3.36. The predicted molar refractivity (Wildman–Crippen MR) is 78.4 cm³/mol. The molecule has 0 saturated carbocycles. The topological polar surface area (TPSA) is 46.2 Å². The van der Waals surface area contributed by atoms with Crippen LogP contribution in [-0.4, -0.2) is 20.3 Å².